The van der Waals surface area contributed by atoms with E-state index in [1.54, 1.807) is 16.9 Å². The van der Waals surface area contributed by atoms with Gasteiger partial charge in [0.15, 0.2) is 5.65 Å². The lowest BCUT2D eigenvalue weighted by Crippen LogP contribution is -2.12. The van der Waals surface area contributed by atoms with Crippen LogP contribution in [-0.2, 0) is 0 Å². The smallest absolute Gasteiger partial charge is 0.199 e. The summed E-state index contributed by atoms with van der Waals surface area (Å²) in [6.07, 6.45) is 6.12. The van der Waals surface area contributed by atoms with Crippen molar-refractivity contribution in [2.45, 2.75) is 13.3 Å². The number of nitrogens with zero attached hydrogens (tertiary/aromatic N) is 6. The van der Waals surface area contributed by atoms with E-state index in [2.05, 4.69) is 36.1 Å². The molecule has 0 fully saturated rings. The second-order valence-electron chi connectivity index (χ2n) is 4.67. The molecular formula is C13H16N8. The molecule has 8 nitrogen and oxygen atoms in total. The maximum Gasteiger partial charge on any atom is 0.199 e. The fourth-order valence-electron chi connectivity index (χ4n) is 1.89. The number of aromatic nitrogens is 6. The SMILES string of the molecule is Cc1ccc(NCCCNc2cncc3nnnn23)nc1. The van der Waals surface area contributed by atoms with Crippen LogP contribution in [0.4, 0.5) is 11.6 Å². The molecule has 0 aromatic carbocycles. The first-order valence-corrected chi connectivity index (χ1v) is 6.75. The van der Waals surface area contributed by atoms with Gasteiger partial charge in [0.2, 0.25) is 0 Å². The summed E-state index contributed by atoms with van der Waals surface area (Å²) >= 11 is 0. The summed E-state index contributed by atoms with van der Waals surface area (Å²) in [6, 6.07) is 4.02. The summed E-state index contributed by atoms with van der Waals surface area (Å²) in [6.45, 7) is 3.65. The maximum absolute atomic E-state index is 4.30. The minimum atomic E-state index is 0.627. The molecule has 0 spiro atoms. The van der Waals surface area contributed by atoms with E-state index in [9.17, 15) is 0 Å². The van der Waals surface area contributed by atoms with Gasteiger partial charge in [-0.2, -0.15) is 4.52 Å². The summed E-state index contributed by atoms with van der Waals surface area (Å²) in [7, 11) is 0. The Bertz CT molecular complexity index is 706. The topological polar surface area (TPSA) is 92.9 Å². The number of pyridine rings is 1. The van der Waals surface area contributed by atoms with Gasteiger partial charge in [-0.05, 0) is 35.4 Å². The molecule has 0 amide bonds. The highest BCUT2D eigenvalue weighted by molar-refractivity contribution is 5.43. The average Bonchev–Trinajstić information content (AvgIpc) is 2.98. The van der Waals surface area contributed by atoms with Gasteiger partial charge >= 0.3 is 0 Å². The van der Waals surface area contributed by atoms with Crippen molar-refractivity contribution in [3.8, 4) is 0 Å². The highest BCUT2D eigenvalue weighted by atomic mass is 15.5. The van der Waals surface area contributed by atoms with Crippen molar-refractivity contribution < 1.29 is 0 Å². The van der Waals surface area contributed by atoms with E-state index in [0.29, 0.717) is 5.65 Å². The van der Waals surface area contributed by atoms with Gasteiger partial charge in [0.1, 0.15) is 11.6 Å². The summed E-state index contributed by atoms with van der Waals surface area (Å²) in [5.41, 5.74) is 1.78. The van der Waals surface area contributed by atoms with Crippen molar-refractivity contribution in [2.24, 2.45) is 0 Å². The number of rotatable bonds is 6. The molecule has 108 valence electrons. The molecule has 3 aromatic heterocycles. The second-order valence-corrected chi connectivity index (χ2v) is 4.67. The van der Waals surface area contributed by atoms with Crippen LogP contribution in [-0.4, -0.2) is 43.1 Å². The van der Waals surface area contributed by atoms with Gasteiger partial charge in [0.25, 0.3) is 0 Å². The van der Waals surface area contributed by atoms with Crippen LogP contribution in [0.1, 0.15) is 12.0 Å². The van der Waals surface area contributed by atoms with Gasteiger partial charge in [-0.1, -0.05) is 6.07 Å². The number of aryl methyl sites for hydroxylation is 1. The molecule has 0 atom stereocenters. The zero-order valence-corrected chi connectivity index (χ0v) is 11.7. The van der Waals surface area contributed by atoms with Crippen molar-refractivity contribution in [3.05, 3.63) is 36.3 Å². The van der Waals surface area contributed by atoms with Crippen LogP contribution >= 0.6 is 0 Å². The summed E-state index contributed by atoms with van der Waals surface area (Å²) < 4.78 is 1.63. The van der Waals surface area contributed by atoms with Crippen LogP contribution in [0.15, 0.2) is 30.7 Å². The molecule has 3 aromatic rings. The minimum absolute atomic E-state index is 0.627. The third-order valence-electron chi connectivity index (χ3n) is 2.99. The Morgan fingerprint density at radius 3 is 2.86 bits per heavy atom. The van der Waals surface area contributed by atoms with Gasteiger partial charge in [0.05, 0.1) is 12.4 Å². The molecule has 0 aliphatic carbocycles. The van der Waals surface area contributed by atoms with Crippen LogP contribution in [0.2, 0.25) is 0 Å². The van der Waals surface area contributed by atoms with Crippen LogP contribution in [0.3, 0.4) is 0 Å². The number of nitrogens with one attached hydrogen (secondary N) is 2. The Morgan fingerprint density at radius 1 is 1.10 bits per heavy atom. The molecule has 8 heteroatoms. The lowest BCUT2D eigenvalue weighted by molar-refractivity contribution is 0.812. The lowest BCUT2D eigenvalue weighted by atomic mass is 10.3. The largest absolute Gasteiger partial charge is 0.370 e. The number of hydrogen-bond acceptors (Lipinski definition) is 7. The van der Waals surface area contributed by atoms with E-state index in [-0.39, 0.29) is 0 Å². The fourth-order valence-corrected chi connectivity index (χ4v) is 1.89. The Hall–Kier alpha value is -2.77. The fraction of sp³-hybridized carbons (Fsp3) is 0.308. The van der Waals surface area contributed by atoms with E-state index in [1.807, 2.05) is 25.3 Å². The highest BCUT2D eigenvalue weighted by Gasteiger charge is 2.02. The lowest BCUT2D eigenvalue weighted by Gasteiger charge is -2.08. The van der Waals surface area contributed by atoms with Gasteiger partial charge < -0.3 is 10.6 Å². The first-order chi connectivity index (χ1) is 10.3. The summed E-state index contributed by atoms with van der Waals surface area (Å²) in [5.74, 6) is 1.68. The minimum Gasteiger partial charge on any atom is -0.370 e. The van der Waals surface area contributed by atoms with E-state index in [0.717, 1.165) is 36.7 Å². The Labute approximate surface area is 121 Å². The molecule has 0 saturated carbocycles. The van der Waals surface area contributed by atoms with Crippen molar-refractivity contribution in [2.75, 3.05) is 23.7 Å². The predicted molar refractivity (Wildman–Crippen MR) is 79.1 cm³/mol. The van der Waals surface area contributed by atoms with Gasteiger partial charge in [-0.25, -0.2) is 4.98 Å². The molecule has 0 bridgehead atoms. The molecule has 3 rings (SSSR count). The van der Waals surface area contributed by atoms with Crippen LogP contribution in [0, 0.1) is 6.92 Å². The molecule has 0 saturated heterocycles. The average molecular weight is 284 g/mol. The van der Waals surface area contributed by atoms with Crippen molar-refractivity contribution in [1.82, 2.24) is 30.0 Å². The van der Waals surface area contributed by atoms with Crippen LogP contribution in [0.25, 0.3) is 5.65 Å². The van der Waals surface area contributed by atoms with Crippen molar-refractivity contribution in [3.63, 3.8) is 0 Å². The van der Waals surface area contributed by atoms with E-state index < -0.39 is 0 Å². The van der Waals surface area contributed by atoms with Gasteiger partial charge in [0, 0.05) is 19.3 Å². The van der Waals surface area contributed by atoms with Crippen molar-refractivity contribution >= 4 is 17.3 Å². The Kier molecular flexibility index (Phi) is 3.85. The molecule has 3 heterocycles. The Morgan fingerprint density at radius 2 is 2.00 bits per heavy atom. The first-order valence-electron chi connectivity index (χ1n) is 6.75. The van der Waals surface area contributed by atoms with E-state index in [4.69, 9.17) is 0 Å². The molecule has 2 N–H and O–H groups in total. The standard InChI is InChI=1S/C13H16N8/c1-10-3-4-11(17-7-10)15-5-2-6-16-12-8-14-9-13-18-19-20-21(12)13/h3-4,7-9,16H,2,5-6H2,1H3,(H,15,17). The van der Waals surface area contributed by atoms with Gasteiger partial charge in [-0.3, -0.25) is 4.98 Å². The maximum atomic E-state index is 4.30. The predicted octanol–water partition coefficient (Wildman–Crippen LogP) is 1.14. The van der Waals surface area contributed by atoms with Crippen LogP contribution < -0.4 is 10.6 Å². The zero-order chi connectivity index (χ0) is 14.5. The monoisotopic (exact) mass is 284 g/mol. The van der Waals surface area contributed by atoms with Crippen molar-refractivity contribution in [1.29, 1.82) is 0 Å². The molecular weight excluding hydrogens is 268 g/mol. The number of tetrazole rings is 1. The summed E-state index contributed by atoms with van der Waals surface area (Å²) in [4.78, 5) is 8.38. The molecule has 0 radical (unpaired) electrons. The summed E-state index contributed by atoms with van der Waals surface area (Å²) in [5, 5.41) is 17.9. The highest BCUT2D eigenvalue weighted by Crippen LogP contribution is 2.06. The third-order valence-corrected chi connectivity index (χ3v) is 2.99. The number of anilines is 2. The normalized spacial score (nSPS) is 10.7. The van der Waals surface area contributed by atoms with Gasteiger partial charge in [-0.15, -0.1) is 5.10 Å². The second kappa shape index (κ2) is 6.12. The zero-order valence-electron chi connectivity index (χ0n) is 11.7. The number of hydrogen-bond donors (Lipinski definition) is 2. The first kappa shape index (κ1) is 13.2. The van der Waals surface area contributed by atoms with Crippen LogP contribution in [0.5, 0.6) is 0 Å². The Balaban J connectivity index is 1.46. The van der Waals surface area contributed by atoms with E-state index in [1.165, 1.54) is 0 Å². The molecule has 0 unspecified atom stereocenters. The number of fused-ring (bicyclic) bond motifs is 1. The molecule has 0 aliphatic heterocycles. The van der Waals surface area contributed by atoms with E-state index >= 15 is 0 Å². The molecule has 0 aliphatic rings. The molecule has 21 heavy (non-hydrogen) atoms. The third kappa shape index (κ3) is 3.22. The quantitative estimate of drug-likeness (QED) is 0.655.